The smallest absolute Gasteiger partial charge is 0.138 e. The molecule has 0 saturated heterocycles. The highest BCUT2D eigenvalue weighted by Gasteiger charge is 2.08. The van der Waals surface area contributed by atoms with Crippen LogP contribution < -0.4 is 15.4 Å². The van der Waals surface area contributed by atoms with Gasteiger partial charge in [0.25, 0.3) is 0 Å². The third kappa shape index (κ3) is 5.97. The van der Waals surface area contributed by atoms with Crippen molar-refractivity contribution < 1.29 is 9.84 Å². The number of anilines is 1. The molecular formula is C24H26ClN5O2. The molecule has 0 aliphatic rings. The SMILES string of the molecule is OCCNCCOc1cnc2[nH]cc(Cc3ccc(NCc4ccc(Cl)cc4)nc3)c2c1. The Bertz CT molecular complexity index is 1130. The standard InChI is InChI=1S/C24H26ClN5O2/c25-20-4-1-17(2-5-20)13-27-23-6-3-18(14-28-23)11-19-15-29-24-22(19)12-21(16-30-24)32-10-8-26-7-9-31/h1-6,12,14-16,26,31H,7-11,13H2,(H,27,28)(H,29,30). The second-order valence-electron chi connectivity index (χ2n) is 7.41. The van der Waals surface area contributed by atoms with E-state index in [0.29, 0.717) is 26.2 Å². The number of hydrogen-bond acceptors (Lipinski definition) is 6. The van der Waals surface area contributed by atoms with E-state index in [1.807, 2.05) is 48.8 Å². The van der Waals surface area contributed by atoms with Crippen molar-refractivity contribution in [1.29, 1.82) is 0 Å². The van der Waals surface area contributed by atoms with Gasteiger partial charge in [0.1, 0.15) is 23.8 Å². The van der Waals surface area contributed by atoms with Gasteiger partial charge >= 0.3 is 0 Å². The minimum atomic E-state index is 0.120. The number of aliphatic hydroxyl groups excluding tert-OH is 1. The molecule has 0 saturated carbocycles. The molecule has 7 nitrogen and oxygen atoms in total. The molecule has 0 bridgehead atoms. The largest absolute Gasteiger partial charge is 0.491 e. The van der Waals surface area contributed by atoms with Gasteiger partial charge in [-0.05, 0) is 41.0 Å². The molecule has 4 aromatic rings. The van der Waals surface area contributed by atoms with Crippen molar-refractivity contribution in [3.8, 4) is 5.75 Å². The van der Waals surface area contributed by atoms with E-state index in [-0.39, 0.29) is 6.61 Å². The normalized spacial score (nSPS) is 11.1. The maximum absolute atomic E-state index is 8.80. The lowest BCUT2D eigenvalue weighted by Crippen LogP contribution is -2.23. The second kappa shape index (κ2) is 10.9. The summed E-state index contributed by atoms with van der Waals surface area (Å²) in [4.78, 5) is 12.2. The summed E-state index contributed by atoms with van der Waals surface area (Å²) in [6.45, 7) is 2.56. The molecule has 0 fully saturated rings. The monoisotopic (exact) mass is 451 g/mol. The fraction of sp³-hybridized carbons (Fsp3) is 0.250. The molecule has 8 heteroatoms. The maximum atomic E-state index is 8.80. The van der Waals surface area contributed by atoms with Crippen LogP contribution in [0, 0.1) is 0 Å². The fourth-order valence-electron chi connectivity index (χ4n) is 3.36. The quantitative estimate of drug-likeness (QED) is 0.259. The van der Waals surface area contributed by atoms with E-state index >= 15 is 0 Å². The van der Waals surface area contributed by atoms with Gasteiger partial charge in [-0.25, -0.2) is 9.97 Å². The Morgan fingerprint density at radius 3 is 2.62 bits per heavy atom. The van der Waals surface area contributed by atoms with Gasteiger partial charge in [-0.3, -0.25) is 0 Å². The van der Waals surface area contributed by atoms with Crippen LogP contribution in [-0.4, -0.2) is 46.4 Å². The van der Waals surface area contributed by atoms with Crippen LogP contribution in [0.2, 0.25) is 5.02 Å². The first-order chi connectivity index (χ1) is 15.7. The van der Waals surface area contributed by atoms with Crippen LogP contribution >= 0.6 is 11.6 Å². The summed E-state index contributed by atoms with van der Waals surface area (Å²) in [5.41, 5.74) is 4.23. The average Bonchev–Trinajstić information content (AvgIpc) is 3.21. The first-order valence-electron chi connectivity index (χ1n) is 10.5. The zero-order chi connectivity index (χ0) is 22.2. The summed E-state index contributed by atoms with van der Waals surface area (Å²) in [6.07, 6.45) is 6.34. The van der Waals surface area contributed by atoms with E-state index in [1.54, 1.807) is 6.20 Å². The van der Waals surface area contributed by atoms with Gasteiger partial charge in [-0.15, -0.1) is 0 Å². The highest BCUT2D eigenvalue weighted by Crippen LogP contribution is 2.24. The lowest BCUT2D eigenvalue weighted by Gasteiger charge is -2.08. The summed E-state index contributed by atoms with van der Waals surface area (Å²) in [6, 6.07) is 13.8. The van der Waals surface area contributed by atoms with E-state index in [0.717, 1.165) is 50.7 Å². The number of nitrogens with one attached hydrogen (secondary N) is 3. The van der Waals surface area contributed by atoms with Gasteiger partial charge in [-0.1, -0.05) is 29.8 Å². The molecule has 166 valence electrons. The minimum absolute atomic E-state index is 0.120. The van der Waals surface area contributed by atoms with Gasteiger partial charge in [0.2, 0.25) is 0 Å². The van der Waals surface area contributed by atoms with Gasteiger partial charge in [-0.2, -0.15) is 0 Å². The van der Waals surface area contributed by atoms with Crippen molar-refractivity contribution >= 4 is 28.5 Å². The molecule has 0 amide bonds. The Morgan fingerprint density at radius 2 is 1.84 bits per heavy atom. The Hall–Kier alpha value is -3.13. The number of rotatable bonds is 11. The first kappa shape index (κ1) is 22.1. The maximum Gasteiger partial charge on any atom is 0.138 e. The molecule has 3 aromatic heterocycles. The summed E-state index contributed by atoms with van der Waals surface area (Å²) in [7, 11) is 0. The average molecular weight is 452 g/mol. The Balaban J connectivity index is 1.36. The topological polar surface area (TPSA) is 95.1 Å². The molecule has 0 aliphatic carbocycles. The molecule has 0 atom stereocenters. The Morgan fingerprint density at radius 1 is 1.00 bits per heavy atom. The third-order valence-corrected chi connectivity index (χ3v) is 5.29. The lowest BCUT2D eigenvalue weighted by molar-refractivity contribution is 0.275. The summed E-state index contributed by atoms with van der Waals surface area (Å²) in [5.74, 6) is 1.55. The number of aliphatic hydroxyl groups is 1. The summed E-state index contributed by atoms with van der Waals surface area (Å²) >= 11 is 5.93. The van der Waals surface area contributed by atoms with Gasteiger partial charge < -0.3 is 25.5 Å². The number of pyridine rings is 2. The molecule has 0 unspecified atom stereocenters. The number of nitrogens with zero attached hydrogens (tertiary/aromatic N) is 2. The molecule has 0 aliphatic heterocycles. The van der Waals surface area contributed by atoms with Gasteiger partial charge in [0, 0.05) is 48.9 Å². The van der Waals surface area contributed by atoms with Crippen molar-refractivity contribution in [2.24, 2.45) is 0 Å². The molecule has 3 heterocycles. The van der Waals surface area contributed by atoms with E-state index in [9.17, 15) is 0 Å². The molecule has 4 N–H and O–H groups in total. The number of aromatic amines is 1. The number of ether oxygens (including phenoxy) is 1. The van der Waals surface area contributed by atoms with Crippen molar-refractivity contribution in [1.82, 2.24) is 20.3 Å². The van der Waals surface area contributed by atoms with Crippen LogP contribution in [0.4, 0.5) is 5.82 Å². The first-order valence-corrected chi connectivity index (χ1v) is 10.9. The van der Waals surface area contributed by atoms with Crippen molar-refractivity contribution in [3.63, 3.8) is 0 Å². The second-order valence-corrected chi connectivity index (χ2v) is 7.85. The van der Waals surface area contributed by atoms with Crippen LogP contribution in [0.3, 0.4) is 0 Å². The third-order valence-electron chi connectivity index (χ3n) is 5.03. The van der Waals surface area contributed by atoms with Crippen LogP contribution in [0.5, 0.6) is 5.75 Å². The van der Waals surface area contributed by atoms with Crippen molar-refractivity contribution in [3.05, 3.63) is 82.8 Å². The number of halogens is 1. The van der Waals surface area contributed by atoms with Crippen LogP contribution in [0.1, 0.15) is 16.7 Å². The highest BCUT2D eigenvalue weighted by atomic mass is 35.5. The molecule has 0 radical (unpaired) electrons. The lowest BCUT2D eigenvalue weighted by atomic mass is 10.1. The zero-order valence-electron chi connectivity index (χ0n) is 17.6. The Labute approximate surface area is 191 Å². The molecule has 0 spiro atoms. The van der Waals surface area contributed by atoms with E-state index in [2.05, 4.69) is 31.7 Å². The predicted molar refractivity (Wildman–Crippen MR) is 127 cm³/mol. The number of hydrogen-bond donors (Lipinski definition) is 4. The number of aromatic nitrogens is 3. The van der Waals surface area contributed by atoms with Gasteiger partial charge in [0.15, 0.2) is 0 Å². The molecule has 1 aromatic carbocycles. The molecular weight excluding hydrogens is 426 g/mol. The summed E-state index contributed by atoms with van der Waals surface area (Å²) < 4.78 is 5.77. The van der Waals surface area contributed by atoms with Crippen LogP contribution in [0.25, 0.3) is 11.0 Å². The minimum Gasteiger partial charge on any atom is -0.491 e. The van der Waals surface area contributed by atoms with Crippen molar-refractivity contribution in [2.45, 2.75) is 13.0 Å². The van der Waals surface area contributed by atoms with Crippen LogP contribution in [-0.2, 0) is 13.0 Å². The molecule has 4 rings (SSSR count). The van der Waals surface area contributed by atoms with E-state index < -0.39 is 0 Å². The predicted octanol–water partition coefficient (Wildman–Crippen LogP) is 3.77. The van der Waals surface area contributed by atoms with Crippen LogP contribution in [0.15, 0.2) is 61.1 Å². The Kier molecular flexibility index (Phi) is 7.55. The fourth-order valence-corrected chi connectivity index (χ4v) is 3.48. The highest BCUT2D eigenvalue weighted by molar-refractivity contribution is 6.30. The molecule has 32 heavy (non-hydrogen) atoms. The van der Waals surface area contributed by atoms with Gasteiger partial charge in [0.05, 0.1) is 12.8 Å². The van der Waals surface area contributed by atoms with E-state index in [1.165, 1.54) is 0 Å². The van der Waals surface area contributed by atoms with Crippen molar-refractivity contribution in [2.75, 3.05) is 31.6 Å². The number of H-pyrrole nitrogens is 1. The summed E-state index contributed by atoms with van der Waals surface area (Å²) in [5, 5.41) is 17.0. The number of benzene rings is 1. The van der Waals surface area contributed by atoms with E-state index in [4.69, 9.17) is 21.4 Å². The zero-order valence-corrected chi connectivity index (χ0v) is 18.4. The number of fused-ring (bicyclic) bond motifs is 1.